The van der Waals surface area contributed by atoms with Gasteiger partial charge in [-0.15, -0.1) is 0 Å². The Hall–Kier alpha value is -3.10. The number of nitrogens with one attached hydrogen (secondary N) is 1. The van der Waals surface area contributed by atoms with Gasteiger partial charge in [-0.05, 0) is 56.2 Å². The van der Waals surface area contributed by atoms with E-state index in [2.05, 4.69) is 10.3 Å². The number of carboxylic acid groups (broad SMARTS) is 1. The van der Waals surface area contributed by atoms with Gasteiger partial charge in [-0.1, -0.05) is 49.6 Å². The van der Waals surface area contributed by atoms with E-state index >= 15 is 0 Å². The zero-order valence-electron chi connectivity index (χ0n) is 20.7. The molecule has 1 aliphatic heterocycles. The van der Waals surface area contributed by atoms with E-state index < -0.39 is 41.8 Å². The van der Waals surface area contributed by atoms with Gasteiger partial charge in [0, 0.05) is 17.5 Å². The molecule has 0 bridgehead atoms. The number of carbonyl (C=O) groups excluding carboxylic acids is 1. The number of aliphatic carboxylic acids is 1. The summed E-state index contributed by atoms with van der Waals surface area (Å²) >= 11 is 0. The monoisotopic (exact) mass is 515 g/mol. The van der Waals surface area contributed by atoms with Crippen molar-refractivity contribution in [3.8, 4) is 0 Å². The second kappa shape index (κ2) is 9.99. The van der Waals surface area contributed by atoms with Crippen LogP contribution in [0.5, 0.6) is 0 Å². The minimum absolute atomic E-state index is 0.0417. The van der Waals surface area contributed by atoms with E-state index in [1.54, 1.807) is 4.90 Å². The molecule has 0 radical (unpaired) electrons. The molecule has 0 unspecified atom stereocenters. The summed E-state index contributed by atoms with van der Waals surface area (Å²) < 4.78 is 40.7. The number of carboxylic acids is 1. The number of hydrogen-bond acceptors (Lipinski definition) is 4. The van der Waals surface area contributed by atoms with Crippen LogP contribution in [0.15, 0.2) is 42.5 Å². The number of anilines is 1. The van der Waals surface area contributed by atoms with E-state index in [0.29, 0.717) is 0 Å². The Balaban J connectivity index is 1.61. The molecule has 3 aliphatic rings. The van der Waals surface area contributed by atoms with Crippen LogP contribution in [0.25, 0.3) is 0 Å². The highest BCUT2D eigenvalue weighted by Gasteiger charge is 2.59. The topological polar surface area (TPSA) is 82.5 Å². The predicted molar refractivity (Wildman–Crippen MR) is 132 cm³/mol. The third kappa shape index (κ3) is 5.18. The minimum atomic E-state index is -4.54. The fourth-order valence-corrected chi connectivity index (χ4v) is 6.36. The van der Waals surface area contributed by atoms with E-state index in [9.17, 15) is 27.9 Å². The van der Waals surface area contributed by atoms with E-state index in [0.717, 1.165) is 62.6 Å². The molecule has 2 N–H and O–H groups in total. The number of hydrogen-bond donors (Lipinski definition) is 2. The Kier molecular flexibility index (Phi) is 6.89. The van der Waals surface area contributed by atoms with Crippen LogP contribution in [0.1, 0.15) is 67.8 Å². The molecule has 1 saturated heterocycles. The van der Waals surface area contributed by atoms with Crippen LogP contribution in [-0.2, 0) is 15.8 Å². The standard InChI is InChI=1S/C28H32F3N3O3/c1-16-14-20(28(29,30)31)15-21(32-16)33-23-22(17-12-13-17)25(27(36)37)34(24(23)18-8-4-2-5-9-18)26(35)19-10-6-3-7-11-19/h2,4-5,8-9,14-15,17,19,22-25H,3,6-7,10-13H2,1H3,(H,32,33)(H,36,37)/t22-,23-,24-,25-/m1/s1. The van der Waals surface area contributed by atoms with Crippen molar-refractivity contribution in [2.75, 3.05) is 5.32 Å². The third-order valence-corrected chi connectivity index (χ3v) is 8.08. The molecule has 2 heterocycles. The minimum Gasteiger partial charge on any atom is -0.480 e. The first-order chi connectivity index (χ1) is 17.6. The lowest BCUT2D eigenvalue weighted by Gasteiger charge is -2.34. The van der Waals surface area contributed by atoms with E-state index in [1.165, 1.54) is 6.92 Å². The van der Waals surface area contributed by atoms with E-state index in [-0.39, 0.29) is 29.3 Å². The van der Waals surface area contributed by atoms with Gasteiger partial charge >= 0.3 is 12.1 Å². The first-order valence-corrected chi connectivity index (χ1v) is 13.1. The van der Waals surface area contributed by atoms with Crippen molar-refractivity contribution in [2.24, 2.45) is 17.8 Å². The number of alkyl halides is 3. The largest absolute Gasteiger partial charge is 0.480 e. The van der Waals surface area contributed by atoms with Gasteiger partial charge in [-0.25, -0.2) is 9.78 Å². The molecular weight excluding hydrogens is 483 g/mol. The van der Waals surface area contributed by atoms with E-state index in [4.69, 9.17) is 0 Å². The highest BCUT2D eigenvalue weighted by Crippen LogP contribution is 2.52. The molecule has 1 aromatic heterocycles. The van der Waals surface area contributed by atoms with Crippen LogP contribution in [0.3, 0.4) is 0 Å². The predicted octanol–water partition coefficient (Wildman–Crippen LogP) is 5.83. The molecule has 5 rings (SSSR count). The van der Waals surface area contributed by atoms with Crippen molar-refractivity contribution in [3.05, 3.63) is 59.3 Å². The first-order valence-electron chi connectivity index (χ1n) is 13.1. The summed E-state index contributed by atoms with van der Waals surface area (Å²) in [5.41, 5.74) is 0.159. The van der Waals surface area contributed by atoms with E-state index in [1.807, 2.05) is 30.3 Å². The van der Waals surface area contributed by atoms with Crippen molar-refractivity contribution in [1.82, 2.24) is 9.88 Å². The fourth-order valence-electron chi connectivity index (χ4n) is 6.36. The van der Waals surface area contributed by atoms with Crippen LogP contribution in [0, 0.1) is 24.7 Å². The maximum Gasteiger partial charge on any atom is 0.416 e. The lowest BCUT2D eigenvalue weighted by atomic mass is 9.87. The molecule has 37 heavy (non-hydrogen) atoms. The average molecular weight is 516 g/mol. The van der Waals surface area contributed by atoms with Gasteiger partial charge in [0.2, 0.25) is 5.91 Å². The Morgan fingerprint density at radius 1 is 1.03 bits per heavy atom. The van der Waals surface area contributed by atoms with Gasteiger partial charge in [-0.3, -0.25) is 4.79 Å². The second-order valence-corrected chi connectivity index (χ2v) is 10.7. The SMILES string of the molecule is Cc1cc(C(F)(F)F)cc(N[C@@H]2[C@@H](C3CC3)[C@H](C(=O)O)N(C(=O)C3CCCCC3)[C@@H]2c2ccccc2)n1. The lowest BCUT2D eigenvalue weighted by molar-refractivity contribution is -0.153. The number of halogens is 3. The summed E-state index contributed by atoms with van der Waals surface area (Å²) in [7, 11) is 0. The number of rotatable bonds is 6. The summed E-state index contributed by atoms with van der Waals surface area (Å²) in [4.78, 5) is 32.6. The summed E-state index contributed by atoms with van der Waals surface area (Å²) in [6.45, 7) is 1.50. The normalized spacial score (nSPS) is 26.8. The van der Waals surface area contributed by atoms with Crippen LogP contribution in [0.2, 0.25) is 0 Å². The maximum absolute atomic E-state index is 14.0. The van der Waals surface area contributed by atoms with Crippen LogP contribution in [0.4, 0.5) is 19.0 Å². The summed E-state index contributed by atoms with van der Waals surface area (Å²) in [5, 5.41) is 13.7. The zero-order chi connectivity index (χ0) is 26.3. The Labute approximate surface area is 214 Å². The van der Waals surface area contributed by atoms with Crippen molar-refractivity contribution < 1.29 is 27.9 Å². The number of aryl methyl sites for hydroxylation is 1. The summed E-state index contributed by atoms with van der Waals surface area (Å²) in [6, 6.07) is 8.91. The molecule has 9 heteroatoms. The number of nitrogens with zero attached hydrogens (tertiary/aromatic N) is 2. The average Bonchev–Trinajstić information content (AvgIpc) is 3.65. The molecular formula is C28H32F3N3O3. The van der Waals surface area contributed by atoms with Crippen molar-refractivity contribution in [3.63, 3.8) is 0 Å². The Bertz CT molecular complexity index is 1150. The number of amides is 1. The smallest absolute Gasteiger partial charge is 0.416 e. The van der Waals surface area contributed by atoms with Crippen LogP contribution < -0.4 is 5.32 Å². The Morgan fingerprint density at radius 2 is 1.70 bits per heavy atom. The zero-order valence-corrected chi connectivity index (χ0v) is 20.7. The fraction of sp³-hybridized carbons (Fsp3) is 0.536. The van der Waals surface area contributed by atoms with Crippen molar-refractivity contribution >= 4 is 17.7 Å². The molecule has 3 fully saturated rings. The summed E-state index contributed by atoms with van der Waals surface area (Å²) in [6.07, 6.45) is 1.49. The number of carbonyl (C=O) groups is 2. The molecule has 2 aliphatic carbocycles. The highest BCUT2D eigenvalue weighted by molar-refractivity contribution is 5.87. The highest BCUT2D eigenvalue weighted by atomic mass is 19.4. The summed E-state index contributed by atoms with van der Waals surface area (Å²) in [5.74, 6) is -1.81. The quantitative estimate of drug-likeness (QED) is 0.506. The van der Waals surface area contributed by atoms with Crippen LogP contribution in [-0.4, -0.2) is 39.0 Å². The molecule has 198 valence electrons. The molecule has 6 nitrogen and oxygen atoms in total. The number of likely N-dealkylation sites (tertiary alicyclic amines) is 1. The first kappa shape index (κ1) is 25.5. The third-order valence-electron chi connectivity index (χ3n) is 8.08. The van der Waals surface area contributed by atoms with Crippen molar-refractivity contribution in [2.45, 2.75) is 76.2 Å². The lowest BCUT2D eigenvalue weighted by Crippen LogP contribution is -2.47. The second-order valence-electron chi connectivity index (χ2n) is 10.7. The molecule has 1 amide bonds. The van der Waals surface area contributed by atoms with Gasteiger partial charge in [0.1, 0.15) is 11.9 Å². The van der Waals surface area contributed by atoms with Gasteiger partial charge in [0.15, 0.2) is 0 Å². The number of aromatic nitrogens is 1. The van der Waals surface area contributed by atoms with Gasteiger partial charge in [0.25, 0.3) is 0 Å². The maximum atomic E-state index is 14.0. The van der Waals surface area contributed by atoms with Gasteiger partial charge in [0.05, 0.1) is 17.6 Å². The van der Waals surface area contributed by atoms with Gasteiger partial charge in [-0.2, -0.15) is 13.2 Å². The number of pyridine rings is 1. The molecule has 2 aromatic rings. The molecule has 0 spiro atoms. The number of benzene rings is 1. The molecule has 4 atom stereocenters. The molecule has 1 aromatic carbocycles. The Morgan fingerprint density at radius 3 is 2.30 bits per heavy atom. The molecule has 2 saturated carbocycles. The van der Waals surface area contributed by atoms with Gasteiger partial charge < -0.3 is 15.3 Å². The van der Waals surface area contributed by atoms with Crippen LogP contribution >= 0.6 is 0 Å². The van der Waals surface area contributed by atoms with Crippen molar-refractivity contribution in [1.29, 1.82) is 0 Å².